The molecule has 0 amide bonds. The van der Waals surface area contributed by atoms with E-state index in [-0.39, 0.29) is 5.63 Å². The number of hydrogen-bond donors (Lipinski definition) is 0. The molecule has 4 rings (SSSR count). The van der Waals surface area contributed by atoms with Crippen LogP contribution < -0.4 is 5.63 Å². The molecule has 3 aromatic rings. The van der Waals surface area contributed by atoms with Crippen LogP contribution in [-0.4, -0.2) is 48.7 Å². The van der Waals surface area contributed by atoms with Crippen molar-refractivity contribution in [2.45, 2.75) is 39.9 Å². The van der Waals surface area contributed by atoms with Gasteiger partial charge in [-0.15, -0.1) is 0 Å². The fraction of sp³-hybridized carbons (Fsp3) is 0.423. The predicted molar refractivity (Wildman–Crippen MR) is 124 cm³/mol. The topological polar surface area (TPSA) is 45.9 Å². The molecule has 0 saturated carbocycles. The van der Waals surface area contributed by atoms with Crippen LogP contribution in [0.3, 0.4) is 0 Å². The molecule has 164 valence electrons. The summed E-state index contributed by atoms with van der Waals surface area (Å²) in [6.07, 6.45) is 0. The lowest BCUT2D eigenvalue weighted by Crippen LogP contribution is -2.45. The van der Waals surface area contributed by atoms with Crippen molar-refractivity contribution < 1.29 is 9.15 Å². The monoisotopic (exact) mass is 420 g/mol. The second-order valence-corrected chi connectivity index (χ2v) is 8.68. The maximum Gasteiger partial charge on any atom is 0.336 e. The Balaban J connectivity index is 1.65. The van der Waals surface area contributed by atoms with E-state index in [1.807, 2.05) is 19.1 Å². The van der Waals surface area contributed by atoms with Gasteiger partial charge in [-0.25, -0.2) is 4.79 Å². The highest BCUT2D eigenvalue weighted by molar-refractivity contribution is 5.81. The van der Waals surface area contributed by atoms with Gasteiger partial charge in [-0.2, -0.15) is 0 Å². The summed E-state index contributed by atoms with van der Waals surface area (Å²) in [5.41, 5.74) is 5.03. The fourth-order valence-corrected chi connectivity index (χ4v) is 4.29. The molecule has 1 aliphatic rings. The Kier molecular flexibility index (Phi) is 6.86. The molecular formula is C26H32N2O3. The van der Waals surface area contributed by atoms with E-state index in [0.717, 1.165) is 55.9 Å². The maximum absolute atomic E-state index is 12.3. The molecule has 2 heterocycles. The van der Waals surface area contributed by atoms with Crippen LogP contribution in [0.4, 0.5) is 0 Å². The molecule has 1 saturated heterocycles. The van der Waals surface area contributed by atoms with E-state index in [2.05, 4.69) is 54.0 Å². The molecule has 1 aromatic heterocycles. The lowest BCUT2D eigenvalue weighted by Gasteiger charge is -2.35. The van der Waals surface area contributed by atoms with Gasteiger partial charge in [-0.05, 0) is 55.2 Å². The smallest absolute Gasteiger partial charge is 0.336 e. The van der Waals surface area contributed by atoms with Gasteiger partial charge < -0.3 is 9.15 Å². The maximum atomic E-state index is 12.3. The van der Waals surface area contributed by atoms with Crippen LogP contribution in [0.1, 0.15) is 29.2 Å². The molecule has 1 fully saturated rings. The van der Waals surface area contributed by atoms with Crippen LogP contribution in [0.15, 0.2) is 57.7 Å². The van der Waals surface area contributed by atoms with Crippen LogP contribution in [-0.2, 0) is 17.8 Å². The van der Waals surface area contributed by atoms with E-state index in [1.54, 1.807) is 6.07 Å². The first-order valence-electron chi connectivity index (χ1n) is 11.1. The Labute approximate surface area is 184 Å². The Bertz CT molecular complexity index is 1070. The van der Waals surface area contributed by atoms with Gasteiger partial charge in [0.05, 0.1) is 13.2 Å². The van der Waals surface area contributed by atoms with Crippen LogP contribution >= 0.6 is 0 Å². The van der Waals surface area contributed by atoms with E-state index in [0.29, 0.717) is 18.2 Å². The van der Waals surface area contributed by atoms with E-state index in [4.69, 9.17) is 9.15 Å². The highest BCUT2D eigenvalue weighted by Gasteiger charge is 2.21. The van der Waals surface area contributed by atoms with E-state index >= 15 is 0 Å². The van der Waals surface area contributed by atoms with Gasteiger partial charge in [-0.3, -0.25) is 9.80 Å². The molecular weight excluding hydrogens is 388 g/mol. The van der Waals surface area contributed by atoms with Gasteiger partial charge >= 0.3 is 5.63 Å². The first kappa shape index (κ1) is 21.8. The highest BCUT2D eigenvalue weighted by Crippen LogP contribution is 2.24. The summed E-state index contributed by atoms with van der Waals surface area (Å²) in [6.45, 7) is 12.5. The van der Waals surface area contributed by atoms with Crippen LogP contribution in [0.25, 0.3) is 11.0 Å². The number of fused-ring (bicyclic) bond motifs is 1. The fourth-order valence-electron chi connectivity index (χ4n) is 4.29. The van der Waals surface area contributed by atoms with Crippen molar-refractivity contribution in [1.82, 2.24) is 9.80 Å². The summed E-state index contributed by atoms with van der Waals surface area (Å²) in [7, 11) is 0. The number of aryl methyl sites for hydroxylation is 2. The second-order valence-electron chi connectivity index (χ2n) is 8.68. The van der Waals surface area contributed by atoms with Gasteiger partial charge in [0.15, 0.2) is 0 Å². The SMILES string of the molecule is Cc1cc2oc(=O)cc(CN(Cc3ccccc3)C(C)CN3CCOCC3)c2cc1C. The zero-order valence-electron chi connectivity index (χ0n) is 18.8. The highest BCUT2D eigenvalue weighted by atomic mass is 16.5. The molecule has 5 heteroatoms. The first-order valence-corrected chi connectivity index (χ1v) is 11.1. The molecule has 0 bridgehead atoms. The average Bonchev–Trinajstić information content (AvgIpc) is 2.76. The molecule has 2 aromatic carbocycles. The molecule has 1 aliphatic heterocycles. The van der Waals surface area contributed by atoms with Gasteiger partial charge in [0.1, 0.15) is 5.58 Å². The van der Waals surface area contributed by atoms with Crippen molar-refractivity contribution in [3.63, 3.8) is 0 Å². The van der Waals surface area contributed by atoms with Gasteiger partial charge in [0, 0.05) is 50.2 Å². The largest absolute Gasteiger partial charge is 0.423 e. The minimum absolute atomic E-state index is 0.286. The number of benzene rings is 2. The Hall–Kier alpha value is -2.47. The van der Waals surface area contributed by atoms with Crippen molar-refractivity contribution in [1.29, 1.82) is 0 Å². The number of morpholine rings is 1. The molecule has 5 nitrogen and oxygen atoms in total. The van der Waals surface area contributed by atoms with Crippen LogP contribution in [0.2, 0.25) is 0 Å². The van der Waals surface area contributed by atoms with Crippen LogP contribution in [0, 0.1) is 13.8 Å². The number of hydrogen-bond acceptors (Lipinski definition) is 5. The summed E-state index contributed by atoms with van der Waals surface area (Å²) in [6, 6.07) is 16.7. The summed E-state index contributed by atoms with van der Waals surface area (Å²) in [5.74, 6) is 0. The minimum atomic E-state index is -0.286. The average molecular weight is 421 g/mol. The van der Waals surface area contributed by atoms with Crippen molar-refractivity contribution in [2.75, 3.05) is 32.8 Å². The number of ether oxygens (including phenoxy) is 1. The Morgan fingerprint density at radius 3 is 2.45 bits per heavy atom. The lowest BCUT2D eigenvalue weighted by molar-refractivity contribution is 0.0226. The van der Waals surface area contributed by atoms with Crippen molar-refractivity contribution in [3.8, 4) is 0 Å². The summed E-state index contributed by atoms with van der Waals surface area (Å²) < 4.78 is 11.0. The lowest BCUT2D eigenvalue weighted by atomic mass is 10.0. The van der Waals surface area contributed by atoms with Gasteiger partial charge in [-0.1, -0.05) is 30.3 Å². The normalized spacial score (nSPS) is 16.1. The number of nitrogens with zero attached hydrogens (tertiary/aromatic N) is 2. The third kappa shape index (κ3) is 5.42. The van der Waals surface area contributed by atoms with Gasteiger partial charge in [0.25, 0.3) is 0 Å². The van der Waals surface area contributed by atoms with Crippen molar-refractivity contribution in [3.05, 3.63) is 81.2 Å². The summed E-state index contributed by atoms with van der Waals surface area (Å²) >= 11 is 0. The van der Waals surface area contributed by atoms with Crippen LogP contribution in [0.5, 0.6) is 0 Å². The molecule has 1 atom stereocenters. The summed E-state index contributed by atoms with van der Waals surface area (Å²) in [4.78, 5) is 17.3. The minimum Gasteiger partial charge on any atom is -0.423 e. The standard InChI is InChI=1S/C26H32N2O3/c1-19-13-24-23(15-26(29)31-25(24)14-20(19)2)18-28(17-22-7-5-4-6-8-22)21(3)16-27-9-11-30-12-10-27/h4-8,13-15,21H,9-12,16-18H2,1-3H3. The third-order valence-corrected chi connectivity index (χ3v) is 6.30. The van der Waals surface area contributed by atoms with Crippen molar-refractivity contribution >= 4 is 11.0 Å². The quantitative estimate of drug-likeness (QED) is 0.538. The predicted octanol–water partition coefficient (Wildman–Crippen LogP) is 4.13. The molecule has 0 spiro atoms. The molecule has 1 unspecified atom stereocenters. The first-order chi connectivity index (χ1) is 15.0. The second kappa shape index (κ2) is 9.77. The number of rotatable bonds is 7. The van der Waals surface area contributed by atoms with E-state index in [1.165, 1.54) is 11.1 Å². The van der Waals surface area contributed by atoms with E-state index in [9.17, 15) is 4.79 Å². The molecule has 0 aliphatic carbocycles. The zero-order chi connectivity index (χ0) is 21.8. The Morgan fingerprint density at radius 1 is 1.00 bits per heavy atom. The van der Waals surface area contributed by atoms with E-state index < -0.39 is 0 Å². The Morgan fingerprint density at radius 2 is 1.71 bits per heavy atom. The zero-order valence-corrected chi connectivity index (χ0v) is 18.8. The van der Waals surface area contributed by atoms with Gasteiger partial charge in [0.2, 0.25) is 0 Å². The molecule has 31 heavy (non-hydrogen) atoms. The molecule has 0 radical (unpaired) electrons. The molecule has 0 N–H and O–H groups in total. The third-order valence-electron chi connectivity index (χ3n) is 6.30. The summed E-state index contributed by atoms with van der Waals surface area (Å²) in [5, 5.41) is 1.03. The van der Waals surface area contributed by atoms with Crippen molar-refractivity contribution in [2.24, 2.45) is 0 Å².